The molecule has 4 nitrogen and oxygen atoms in total. The summed E-state index contributed by atoms with van der Waals surface area (Å²) >= 11 is 5.78. The number of carbonyl (C=O) groups is 2. The molecule has 0 saturated heterocycles. The molecule has 0 bridgehead atoms. The average Bonchev–Trinajstić information content (AvgIpc) is 2.68. The Morgan fingerprint density at radius 2 is 1.50 bits per heavy atom. The van der Waals surface area contributed by atoms with Gasteiger partial charge in [-0.25, -0.2) is 4.79 Å². The van der Waals surface area contributed by atoms with E-state index in [-0.39, 0.29) is 6.61 Å². The van der Waals surface area contributed by atoms with Gasteiger partial charge in [-0.2, -0.15) is 0 Å². The monoisotopic (exact) mass is 365 g/mol. The normalized spacial score (nSPS) is 10.2. The van der Waals surface area contributed by atoms with Gasteiger partial charge in [0.25, 0.3) is 5.91 Å². The van der Waals surface area contributed by atoms with Gasteiger partial charge in [-0.3, -0.25) is 4.79 Å². The molecule has 0 aliphatic carbocycles. The SMILES string of the molecule is O=C(COC(=O)c1ccc(Cl)cc1)Nc1ccccc1-c1ccccc1. The lowest BCUT2D eigenvalue weighted by molar-refractivity contribution is -0.119. The van der Waals surface area contributed by atoms with Gasteiger partial charge >= 0.3 is 5.97 Å². The number of amides is 1. The van der Waals surface area contributed by atoms with Crippen LogP contribution in [0.4, 0.5) is 5.69 Å². The summed E-state index contributed by atoms with van der Waals surface area (Å²) in [5, 5.41) is 3.31. The molecular weight excluding hydrogens is 350 g/mol. The van der Waals surface area contributed by atoms with Crippen molar-refractivity contribution in [2.75, 3.05) is 11.9 Å². The molecule has 3 rings (SSSR count). The fraction of sp³-hybridized carbons (Fsp3) is 0.0476. The van der Waals surface area contributed by atoms with Crippen LogP contribution in [0, 0.1) is 0 Å². The first-order chi connectivity index (χ1) is 12.6. The van der Waals surface area contributed by atoms with Crippen molar-refractivity contribution in [1.29, 1.82) is 0 Å². The van der Waals surface area contributed by atoms with Crippen LogP contribution in [0.5, 0.6) is 0 Å². The highest BCUT2D eigenvalue weighted by molar-refractivity contribution is 6.30. The van der Waals surface area contributed by atoms with Crippen LogP contribution in [0.15, 0.2) is 78.9 Å². The highest BCUT2D eigenvalue weighted by Gasteiger charge is 2.12. The molecule has 1 N–H and O–H groups in total. The van der Waals surface area contributed by atoms with Gasteiger partial charge in [-0.15, -0.1) is 0 Å². The Morgan fingerprint density at radius 3 is 2.23 bits per heavy atom. The van der Waals surface area contributed by atoms with E-state index in [1.165, 1.54) is 0 Å². The molecule has 0 heterocycles. The Bertz CT molecular complexity index is 908. The highest BCUT2D eigenvalue weighted by atomic mass is 35.5. The summed E-state index contributed by atoms with van der Waals surface area (Å²) < 4.78 is 5.05. The third-order valence-corrected chi connectivity index (χ3v) is 3.95. The maximum absolute atomic E-state index is 12.2. The Hall–Kier alpha value is -3.11. The van der Waals surface area contributed by atoms with Crippen molar-refractivity contribution in [3.05, 3.63) is 89.4 Å². The van der Waals surface area contributed by atoms with Gasteiger partial charge in [0.2, 0.25) is 0 Å². The molecule has 26 heavy (non-hydrogen) atoms. The Balaban J connectivity index is 1.64. The summed E-state index contributed by atoms with van der Waals surface area (Å²) in [5.41, 5.74) is 2.88. The van der Waals surface area contributed by atoms with E-state index in [1.807, 2.05) is 48.5 Å². The van der Waals surface area contributed by atoms with E-state index in [1.54, 1.807) is 30.3 Å². The zero-order chi connectivity index (χ0) is 18.4. The second-order valence-electron chi connectivity index (χ2n) is 5.54. The van der Waals surface area contributed by atoms with E-state index in [0.29, 0.717) is 16.3 Å². The van der Waals surface area contributed by atoms with Crippen molar-refractivity contribution in [2.45, 2.75) is 0 Å². The minimum Gasteiger partial charge on any atom is -0.452 e. The van der Waals surface area contributed by atoms with E-state index in [4.69, 9.17) is 16.3 Å². The van der Waals surface area contributed by atoms with Crippen LogP contribution < -0.4 is 5.32 Å². The van der Waals surface area contributed by atoms with Gasteiger partial charge in [0.15, 0.2) is 6.61 Å². The summed E-state index contributed by atoms with van der Waals surface area (Å²) in [7, 11) is 0. The Labute approximate surface area is 156 Å². The van der Waals surface area contributed by atoms with E-state index in [2.05, 4.69) is 5.32 Å². The van der Waals surface area contributed by atoms with Crippen LogP contribution in [0.1, 0.15) is 10.4 Å². The van der Waals surface area contributed by atoms with Gasteiger partial charge in [-0.1, -0.05) is 60.1 Å². The van der Waals surface area contributed by atoms with Crippen molar-refractivity contribution in [3.63, 3.8) is 0 Å². The molecule has 0 unspecified atom stereocenters. The maximum Gasteiger partial charge on any atom is 0.338 e. The predicted octanol–water partition coefficient (Wildman–Crippen LogP) is 4.80. The number of hydrogen-bond acceptors (Lipinski definition) is 3. The van der Waals surface area contributed by atoms with Crippen molar-refractivity contribution >= 4 is 29.2 Å². The number of anilines is 1. The van der Waals surface area contributed by atoms with Gasteiger partial charge in [0.1, 0.15) is 0 Å². The number of rotatable bonds is 5. The van der Waals surface area contributed by atoms with E-state index >= 15 is 0 Å². The van der Waals surface area contributed by atoms with Gasteiger partial charge in [0, 0.05) is 16.3 Å². The number of benzene rings is 3. The zero-order valence-electron chi connectivity index (χ0n) is 13.8. The first-order valence-corrected chi connectivity index (χ1v) is 8.38. The lowest BCUT2D eigenvalue weighted by atomic mass is 10.0. The van der Waals surface area contributed by atoms with Crippen molar-refractivity contribution < 1.29 is 14.3 Å². The summed E-state index contributed by atoms with van der Waals surface area (Å²) in [4.78, 5) is 24.1. The number of carbonyl (C=O) groups excluding carboxylic acids is 2. The Morgan fingerprint density at radius 1 is 0.846 bits per heavy atom. The van der Waals surface area contributed by atoms with Gasteiger partial charge in [-0.05, 0) is 35.9 Å². The quantitative estimate of drug-likeness (QED) is 0.660. The van der Waals surface area contributed by atoms with Crippen LogP contribution >= 0.6 is 11.6 Å². The van der Waals surface area contributed by atoms with E-state index < -0.39 is 11.9 Å². The van der Waals surface area contributed by atoms with Crippen molar-refractivity contribution in [3.8, 4) is 11.1 Å². The summed E-state index contributed by atoms with van der Waals surface area (Å²) in [6.07, 6.45) is 0. The third kappa shape index (κ3) is 4.49. The van der Waals surface area contributed by atoms with Crippen LogP contribution in [-0.2, 0) is 9.53 Å². The lowest BCUT2D eigenvalue weighted by Crippen LogP contribution is -2.21. The molecule has 0 fully saturated rings. The molecule has 5 heteroatoms. The third-order valence-electron chi connectivity index (χ3n) is 3.70. The standard InChI is InChI=1S/C21H16ClNO3/c22-17-12-10-16(11-13-17)21(25)26-14-20(24)23-19-9-5-4-8-18(19)15-6-2-1-3-7-15/h1-13H,14H2,(H,23,24). The zero-order valence-corrected chi connectivity index (χ0v) is 14.6. The molecule has 0 spiro atoms. The molecule has 0 aliphatic heterocycles. The summed E-state index contributed by atoms with van der Waals surface area (Å²) in [5.74, 6) is -0.983. The van der Waals surface area contributed by atoms with Crippen LogP contribution in [-0.4, -0.2) is 18.5 Å². The summed E-state index contributed by atoms with van der Waals surface area (Å²) in [6, 6.07) is 23.5. The van der Waals surface area contributed by atoms with E-state index in [9.17, 15) is 9.59 Å². The van der Waals surface area contributed by atoms with Gasteiger partial charge < -0.3 is 10.1 Å². The van der Waals surface area contributed by atoms with Crippen LogP contribution in [0.3, 0.4) is 0 Å². The molecule has 3 aromatic carbocycles. The second kappa shape index (κ2) is 8.32. The summed E-state index contributed by atoms with van der Waals surface area (Å²) in [6.45, 7) is -0.370. The van der Waals surface area contributed by atoms with Crippen molar-refractivity contribution in [2.24, 2.45) is 0 Å². The van der Waals surface area contributed by atoms with Crippen molar-refractivity contribution in [1.82, 2.24) is 0 Å². The topological polar surface area (TPSA) is 55.4 Å². The van der Waals surface area contributed by atoms with Gasteiger partial charge in [0.05, 0.1) is 5.56 Å². The Kier molecular flexibility index (Phi) is 5.66. The molecule has 0 aromatic heterocycles. The molecule has 3 aromatic rings. The predicted molar refractivity (Wildman–Crippen MR) is 102 cm³/mol. The first-order valence-electron chi connectivity index (χ1n) is 8.00. The largest absolute Gasteiger partial charge is 0.452 e. The molecule has 0 radical (unpaired) electrons. The molecule has 130 valence electrons. The average molecular weight is 366 g/mol. The van der Waals surface area contributed by atoms with E-state index in [0.717, 1.165) is 11.1 Å². The number of ether oxygens (including phenoxy) is 1. The minimum atomic E-state index is -0.576. The molecule has 0 saturated carbocycles. The number of nitrogens with one attached hydrogen (secondary N) is 1. The number of hydrogen-bond donors (Lipinski definition) is 1. The molecular formula is C21H16ClNO3. The smallest absolute Gasteiger partial charge is 0.338 e. The lowest BCUT2D eigenvalue weighted by Gasteiger charge is -2.11. The highest BCUT2D eigenvalue weighted by Crippen LogP contribution is 2.27. The molecule has 1 amide bonds. The van der Waals surface area contributed by atoms with Crippen LogP contribution in [0.25, 0.3) is 11.1 Å². The van der Waals surface area contributed by atoms with Crippen LogP contribution in [0.2, 0.25) is 5.02 Å². The fourth-order valence-electron chi connectivity index (χ4n) is 2.45. The minimum absolute atomic E-state index is 0.340. The molecule has 0 aliphatic rings. The number of esters is 1. The number of halogens is 1. The number of para-hydroxylation sites is 1. The maximum atomic E-state index is 12.2. The fourth-order valence-corrected chi connectivity index (χ4v) is 2.57. The second-order valence-corrected chi connectivity index (χ2v) is 5.98. The molecule has 0 atom stereocenters. The first kappa shape index (κ1) is 17.7.